The summed E-state index contributed by atoms with van der Waals surface area (Å²) in [7, 11) is -9.95. The highest BCUT2D eigenvalue weighted by Crippen LogP contribution is 2.45. The third-order valence-electron chi connectivity index (χ3n) is 17.0. The van der Waals surface area contributed by atoms with Gasteiger partial charge in [-0.2, -0.15) is 0 Å². The molecule has 0 aliphatic carbocycles. The fraction of sp³-hybridized carbons (Fsp3) is 0.823. The smallest absolute Gasteiger partial charge is 0.462 e. The molecule has 0 aliphatic rings. The second kappa shape index (κ2) is 72.1. The summed E-state index contributed by atoms with van der Waals surface area (Å²) in [5, 5.41) is 10.6. The molecule has 5 atom stereocenters. The normalized spacial score (nSPS) is 14.2. The van der Waals surface area contributed by atoms with E-state index in [-0.39, 0.29) is 25.7 Å². The van der Waals surface area contributed by atoms with Crippen LogP contribution in [0.15, 0.2) is 60.8 Å². The van der Waals surface area contributed by atoms with Crippen molar-refractivity contribution < 1.29 is 80.2 Å². The number of carbonyl (C=O) groups excluding carboxylic acids is 4. The molecule has 0 aromatic rings. The Morgan fingerprint density at radius 3 is 0.776 bits per heavy atom. The van der Waals surface area contributed by atoms with E-state index in [1.807, 2.05) is 0 Å². The second-order valence-corrected chi connectivity index (χ2v) is 29.6. The first-order chi connectivity index (χ1) is 47.7. The summed E-state index contributed by atoms with van der Waals surface area (Å²) in [4.78, 5) is 72.9. The van der Waals surface area contributed by atoms with E-state index in [0.29, 0.717) is 25.7 Å². The topological polar surface area (TPSA) is 237 Å². The summed E-state index contributed by atoms with van der Waals surface area (Å²) >= 11 is 0. The fourth-order valence-corrected chi connectivity index (χ4v) is 12.5. The van der Waals surface area contributed by atoms with Crippen LogP contribution in [0.5, 0.6) is 0 Å². The van der Waals surface area contributed by atoms with Gasteiger partial charge in [0.2, 0.25) is 0 Å². The molecule has 3 N–H and O–H groups in total. The number of phosphoric ester groups is 2. The molecule has 0 heterocycles. The van der Waals surface area contributed by atoms with Crippen molar-refractivity contribution in [2.24, 2.45) is 0 Å². The summed E-state index contributed by atoms with van der Waals surface area (Å²) < 4.78 is 68.5. The lowest BCUT2D eigenvalue weighted by atomic mass is 10.0. The molecule has 0 saturated carbocycles. The Bertz CT molecular complexity index is 2100. The van der Waals surface area contributed by atoms with Crippen LogP contribution in [0.1, 0.15) is 362 Å². The van der Waals surface area contributed by atoms with Crippen LogP contribution in [0.2, 0.25) is 0 Å². The van der Waals surface area contributed by atoms with Crippen LogP contribution in [-0.2, 0) is 65.4 Å². The molecular weight excluding hydrogens is 1280 g/mol. The standard InChI is InChI=1S/C79H144O17P2/c1-5-9-13-17-21-25-29-33-36-40-44-48-52-56-60-64-77(82)90-70-75(96-79(84)66-62-58-54-50-46-42-38-35-31-27-23-19-15-11-7-3)72-94-98(87,88)92-68-73(80)67-91-97(85,86)93-71-74(69-89-76(81)63-59-55-51-47-43-39-32-28-24-20-16-12-8-4)95-78(83)65-61-57-53-49-45-41-37-34-30-26-22-18-14-10-6-2/h26-27,30-31,33-38,73-75,80H,5-25,28-29,32,39-72H2,1-4H3,(H,85,86)(H,87,88)/b30-26-,31-27-,36-33-,37-34-,38-35-/t73-,74-,75-/m1/s1. The molecule has 0 aromatic heterocycles. The fourth-order valence-electron chi connectivity index (χ4n) is 10.9. The van der Waals surface area contributed by atoms with Crippen LogP contribution >= 0.6 is 15.6 Å². The van der Waals surface area contributed by atoms with E-state index in [9.17, 15) is 43.2 Å². The largest absolute Gasteiger partial charge is 0.472 e. The van der Waals surface area contributed by atoms with Crippen LogP contribution in [0.3, 0.4) is 0 Å². The summed E-state index contributed by atoms with van der Waals surface area (Å²) in [5.41, 5.74) is 0. The molecule has 0 aliphatic heterocycles. The number of phosphoric acid groups is 2. The van der Waals surface area contributed by atoms with Gasteiger partial charge in [-0.3, -0.25) is 37.3 Å². The molecule has 572 valence electrons. The third-order valence-corrected chi connectivity index (χ3v) is 18.9. The van der Waals surface area contributed by atoms with Gasteiger partial charge in [0.15, 0.2) is 12.2 Å². The molecule has 19 heteroatoms. The predicted octanol–water partition coefficient (Wildman–Crippen LogP) is 22.7. The van der Waals surface area contributed by atoms with Gasteiger partial charge in [0.1, 0.15) is 19.3 Å². The number of aliphatic hydroxyl groups is 1. The van der Waals surface area contributed by atoms with Crippen molar-refractivity contribution in [2.45, 2.75) is 380 Å². The quantitative estimate of drug-likeness (QED) is 0.0128. The maximum Gasteiger partial charge on any atom is 0.472 e. The molecule has 2 unspecified atom stereocenters. The van der Waals surface area contributed by atoms with Crippen molar-refractivity contribution in [3.63, 3.8) is 0 Å². The Kier molecular flexibility index (Phi) is 69.7. The lowest BCUT2D eigenvalue weighted by molar-refractivity contribution is -0.161. The van der Waals surface area contributed by atoms with Gasteiger partial charge in [-0.1, -0.05) is 294 Å². The average Bonchev–Trinajstić information content (AvgIpc) is 1.04. The number of unbranched alkanes of at least 4 members (excludes halogenated alkanes) is 41. The molecule has 17 nitrogen and oxygen atoms in total. The van der Waals surface area contributed by atoms with E-state index in [2.05, 4.69) is 88.5 Å². The van der Waals surface area contributed by atoms with E-state index < -0.39 is 97.5 Å². The van der Waals surface area contributed by atoms with Crippen LogP contribution in [0.4, 0.5) is 0 Å². The predicted molar refractivity (Wildman–Crippen MR) is 400 cm³/mol. The highest BCUT2D eigenvalue weighted by atomic mass is 31.2. The van der Waals surface area contributed by atoms with Crippen molar-refractivity contribution in [3.05, 3.63) is 60.8 Å². The number of ether oxygens (including phenoxy) is 4. The van der Waals surface area contributed by atoms with Gasteiger partial charge in [0.05, 0.1) is 26.4 Å². The Labute approximate surface area is 597 Å². The van der Waals surface area contributed by atoms with Crippen molar-refractivity contribution in [1.29, 1.82) is 0 Å². The summed E-state index contributed by atoms with van der Waals surface area (Å²) in [5.74, 6) is -2.19. The Morgan fingerprint density at radius 2 is 0.500 bits per heavy atom. The molecule has 0 radical (unpaired) electrons. The Balaban J connectivity index is 5.35. The maximum absolute atomic E-state index is 13.1. The Morgan fingerprint density at radius 1 is 0.286 bits per heavy atom. The minimum atomic E-state index is -4.97. The molecule has 0 bridgehead atoms. The number of allylic oxidation sites excluding steroid dienone is 10. The van der Waals surface area contributed by atoms with Crippen molar-refractivity contribution in [1.82, 2.24) is 0 Å². The lowest BCUT2D eigenvalue weighted by Gasteiger charge is -2.21. The van der Waals surface area contributed by atoms with Crippen LogP contribution in [-0.4, -0.2) is 96.7 Å². The van der Waals surface area contributed by atoms with E-state index in [0.717, 1.165) is 135 Å². The number of hydrogen-bond donors (Lipinski definition) is 3. The summed E-state index contributed by atoms with van der Waals surface area (Å²) in [6.45, 7) is 4.85. The van der Waals surface area contributed by atoms with Crippen molar-refractivity contribution >= 4 is 39.5 Å². The van der Waals surface area contributed by atoms with Gasteiger partial charge in [-0.25, -0.2) is 9.13 Å². The highest BCUT2D eigenvalue weighted by molar-refractivity contribution is 7.47. The molecule has 0 spiro atoms. The zero-order valence-corrected chi connectivity index (χ0v) is 64.3. The first-order valence-electron chi connectivity index (χ1n) is 39.6. The third kappa shape index (κ3) is 71.2. The highest BCUT2D eigenvalue weighted by Gasteiger charge is 2.30. The van der Waals surface area contributed by atoms with E-state index >= 15 is 0 Å². The van der Waals surface area contributed by atoms with E-state index in [4.69, 9.17) is 37.0 Å². The first-order valence-corrected chi connectivity index (χ1v) is 42.6. The Hall–Kier alpha value is -3.24. The van der Waals surface area contributed by atoms with Gasteiger partial charge < -0.3 is 33.8 Å². The molecule has 0 aromatic carbocycles. The zero-order chi connectivity index (χ0) is 71.8. The molecule has 0 amide bonds. The number of hydrogen-bond acceptors (Lipinski definition) is 15. The first kappa shape index (κ1) is 94.8. The number of rotatable bonds is 75. The summed E-state index contributed by atoms with van der Waals surface area (Å²) in [6.07, 6.45) is 70.5. The van der Waals surface area contributed by atoms with Crippen LogP contribution < -0.4 is 0 Å². The van der Waals surface area contributed by atoms with E-state index in [1.54, 1.807) is 0 Å². The van der Waals surface area contributed by atoms with Gasteiger partial charge in [-0.05, 0) is 103 Å². The van der Waals surface area contributed by atoms with Gasteiger partial charge >= 0.3 is 39.5 Å². The molecule has 0 saturated heterocycles. The number of esters is 4. The maximum atomic E-state index is 13.1. The van der Waals surface area contributed by atoms with Crippen LogP contribution in [0, 0.1) is 0 Å². The van der Waals surface area contributed by atoms with Crippen LogP contribution in [0.25, 0.3) is 0 Å². The molecule has 0 fully saturated rings. The molecule has 0 rings (SSSR count). The van der Waals surface area contributed by atoms with Gasteiger partial charge in [0.25, 0.3) is 0 Å². The van der Waals surface area contributed by atoms with Crippen molar-refractivity contribution in [3.8, 4) is 0 Å². The monoisotopic (exact) mass is 1430 g/mol. The lowest BCUT2D eigenvalue weighted by Crippen LogP contribution is -2.30. The van der Waals surface area contributed by atoms with E-state index in [1.165, 1.54) is 148 Å². The summed E-state index contributed by atoms with van der Waals surface area (Å²) in [6, 6.07) is 0. The SMILES string of the molecule is CCCCCC/C=C\C=C/CCCCCCCC(=O)O[C@H](COC(=O)CCCCCCC/C=C\CCCCCCCC)COP(=O)(O)OC[C@H](O)COP(=O)(O)OC[C@@H](COC(=O)CCCCCCCCCCCCCCC)OC(=O)CCCCCCC/C=C\C=C/CCCCCC. The van der Waals surface area contributed by atoms with Gasteiger partial charge in [-0.15, -0.1) is 0 Å². The number of carbonyl (C=O) groups is 4. The van der Waals surface area contributed by atoms with Gasteiger partial charge in [0, 0.05) is 25.7 Å². The second-order valence-electron chi connectivity index (χ2n) is 26.7. The molecule has 98 heavy (non-hydrogen) atoms. The minimum absolute atomic E-state index is 0.0793. The average molecular weight is 1430 g/mol. The van der Waals surface area contributed by atoms with Crippen molar-refractivity contribution in [2.75, 3.05) is 39.6 Å². The number of aliphatic hydroxyl groups excluding tert-OH is 1. The molecular formula is C79H144O17P2. The minimum Gasteiger partial charge on any atom is -0.462 e. The zero-order valence-electron chi connectivity index (χ0n) is 62.5.